The maximum absolute atomic E-state index is 12.5. The van der Waals surface area contributed by atoms with Gasteiger partial charge in [0.1, 0.15) is 4.21 Å². The smallest absolute Gasteiger partial charge is 0.250 e. The second-order valence-corrected chi connectivity index (χ2v) is 9.65. The molecule has 1 saturated heterocycles. The van der Waals surface area contributed by atoms with Crippen LogP contribution in [0.5, 0.6) is 0 Å². The van der Waals surface area contributed by atoms with Gasteiger partial charge in [-0.2, -0.15) is 0 Å². The van der Waals surface area contributed by atoms with Crippen LogP contribution >= 0.6 is 11.3 Å². The van der Waals surface area contributed by atoms with Gasteiger partial charge in [-0.15, -0.1) is 11.3 Å². The average Bonchev–Trinajstić information content (AvgIpc) is 3.19. The van der Waals surface area contributed by atoms with E-state index in [9.17, 15) is 18.0 Å². The number of nitrogens with one attached hydrogen (secondary N) is 2. The van der Waals surface area contributed by atoms with E-state index in [2.05, 4.69) is 10.0 Å². The molecule has 1 aliphatic heterocycles. The first-order valence-corrected chi connectivity index (χ1v) is 11.4. The number of benzene rings is 1. The molecule has 1 aliphatic rings. The third kappa shape index (κ3) is 5.40. The molecule has 1 fully saturated rings. The minimum atomic E-state index is -3.48. The molecule has 1 aromatic heterocycles. The number of sulfonamides is 1. The van der Waals surface area contributed by atoms with Gasteiger partial charge in [0.15, 0.2) is 0 Å². The molecule has 2 heterocycles. The quantitative estimate of drug-likeness (QED) is 0.748. The molecule has 0 aliphatic carbocycles. The summed E-state index contributed by atoms with van der Waals surface area (Å²) in [4.78, 5) is 25.4. The summed E-state index contributed by atoms with van der Waals surface area (Å²) in [6.07, 6.45) is 1.47. The Kier molecular flexibility index (Phi) is 6.48. The van der Waals surface area contributed by atoms with Crippen LogP contribution in [-0.4, -0.2) is 44.3 Å². The minimum Gasteiger partial charge on any atom is -0.342 e. The number of nitrogens with zero attached hydrogens (tertiary/aromatic N) is 1. The summed E-state index contributed by atoms with van der Waals surface area (Å²) in [6.45, 7) is 2.50. The maximum atomic E-state index is 12.5. The van der Waals surface area contributed by atoms with Crippen LogP contribution in [0.25, 0.3) is 0 Å². The van der Waals surface area contributed by atoms with Crippen LogP contribution in [0, 0.1) is 0 Å². The Morgan fingerprint density at radius 2 is 1.82 bits per heavy atom. The highest BCUT2D eigenvalue weighted by atomic mass is 32.2. The van der Waals surface area contributed by atoms with E-state index in [0.29, 0.717) is 35.8 Å². The van der Waals surface area contributed by atoms with Gasteiger partial charge in [-0.05, 0) is 42.0 Å². The molecule has 2 N–H and O–H groups in total. The lowest BCUT2D eigenvalue weighted by Crippen LogP contribution is -2.46. The van der Waals surface area contributed by atoms with Gasteiger partial charge in [0.25, 0.3) is 0 Å². The van der Waals surface area contributed by atoms with Gasteiger partial charge in [0.2, 0.25) is 21.8 Å². The van der Waals surface area contributed by atoms with Gasteiger partial charge in [0, 0.05) is 31.7 Å². The van der Waals surface area contributed by atoms with Crippen molar-refractivity contribution < 1.29 is 18.0 Å². The van der Waals surface area contributed by atoms with Crippen molar-refractivity contribution in [2.75, 3.05) is 18.4 Å². The highest BCUT2D eigenvalue weighted by molar-refractivity contribution is 7.91. The zero-order valence-corrected chi connectivity index (χ0v) is 17.2. The molecule has 2 amide bonds. The number of hydrogen-bond acceptors (Lipinski definition) is 5. The van der Waals surface area contributed by atoms with Gasteiger partial charge >= 0.3 is 0 Å². The molecule has 0 bridgehead atoms. The van der Waals surface area contributed by atoms with Crippen LogP contribution < -0.4 is 10.0 Å². The van der Waals surface area contributed by atoms with Gasteiger partial charge in [-0.1, -0.05) is 18.2 Å². The van der Waals surface area contributed by atoms with E-state index in [-0.39, 0.29) is 24.3 Å². The van der Waals surface area contributed by atoms with Crippen molar-refractivity contribution in [3.05, 3.63) is 47.3 Å². The molecule has 0 atom stereocenters. The third-order valence-electron chi connectivity index (χ3n) is 4.56. The van der Waals surface area contributed by atoms with E-state index in [4.69, 9.17) is 0 Å². The van der Waals surface area contributed by atoms with Gasteiger partial charge < -0.3 is 10.2 Å². The molecule has 1 aromatic carbocycles. The Balaban J connectivity index is 1.49. The van der Waals surface area contributed by atoms with Gasteiger partial charge in [0.05, 0.1) is 6.42 Å². The SMILES string of the molecule is CC(=O)Nc1ccc(CC(=O)N2CCC(NS(=O)(=O)c3cccs3)CC2)cc1. The van der Waals surface area contributed by atoms with E-state index in [1.54, 1.807) is 34.5 Å². The predicted molar refractivity (Wildman–Crippen MR) is 109 cm³/mol. The molecule has 0 spiro atoms. The second kappa shape index (κ2) is 8.85. The first-order chi connectivity index (χ1) is 13.3. The first-order valence-electron chi connectivity index (χ1n) is 9.03. The molecular weight excluding hydrogens is 398 g/mol. The Hall–Kier alpha value is -2.23. The number of hydrogen-bond donors (Lipinski definition) is 2. The van der Waals surface area contributed by atoms with E-state index < -0.39 is 10.0 Å². The lowest BCUT2D eigenvalue weighted by molar-refractivity contribution is -0.131. The summed E-state index contributed by atoms with van der Waals surface area (Å²) < 4.78 is 27.7. The number of thiophene rings is 1. The summed E-state index contributed by atoms with van der Waals surface area (Å²) >= 11 is 1.19. The van der Waals surface area contributed by atoms with E-state index in [1.807, 2.05) is 12.1 Å². The number of anilines is 1. The van der Waals surface area contributed by atoms with Crippen LogP contribution in [0.2, 0.25) is 0 Å². The number of carbonyl (C=O) groups excluding carboxylic acids is 2. The number of likely N-dealkylation sites (tertiary alicyclic amines) is 1. The summed E-state index contributed by atoms with van der Waals surface area (Å²) in [6, 6.07) is 10.3. The van der Waals surface area contributed by atoms with Crippen LogP contribution in [-0.2, 0) is 26.0 Å². The van der Waals surface area contributed by atoms with Crippen LogP contribution in [0.3, 0.4) is 0 Å². The number of amides is 2. The lowest BCUT2D eigenvalue weighted by Gasteiger charge is -2.32. The molecule has 150 valence electrons. The Morgan fingerprint density at radius 3 is 2.39 bits per heavy atom. The number of rotatable bonds is 6. The second-order valence-electron chi connectivity index (χ2n) is 6.76. The zero-order chi connectivity index (χ0) is 20.1. The maximum Gasteiger partial charge on any atom is 0.250 e. The van der Waals surface area contributed by atoms with Crippen molar-refractivity contribution in [1.29, 1.82) is 0 Å². The average molecular weight is 422 g/mol. The molecule has 2 aromatic rings. The van der Waals surface area contributed by atoms with Crippen molar-refractivity contribution >= 4 is 38.9 Å². The lowest BCUT2D eigenvalue weighted by atomic mass is 10.0. The topological polar surface area (TPSA) is 95.6 Å². The molecule has 28 heavy (non-hydrogen) atoms. The van der Waals surface area contributed by atoms with Crippen molar-refractivity contribution in [3.8, 4) is 0 Å². The normalized spacial score (nSPS) is 15.4. The highest BCUT2D eigenvalue weighted by Crippen LogP contribution is 2.19. The fourth-order valence-corrected chi connectivity index (χ4v) is 5.45. The zero-order valence-electron chi connectivity index (χ0n) is 15.6. The molecule has 0 saturated carbocycles. The number of carbonyl (C=O) groups is 2. The van der Waals surface area contributed by atoms with E-state index in [0.717, 1.165) is 5.56 Å². The first kappa shape index (κ1) is 20.5. The van der Waals surface area contributed by atoms with Crippen LogP contribution in [0.15, 0.2) is 46.0 Å². The summed E-state index contributed by atoms with van der Waals surface area (Å²) in [5, 5.41) is 4.43. The largest absolute Gasteiger partial charge is 0.342 e. The van der Waals surface area contributed by atoms with E-state index in [1.165, 1.54) is 18.3 Å². The molecule has 9 heteroatoms. The monoisotopic (exact) mass is 421 g/mol. The Morgan fingerprint density at radius 1 is 1.14 bits per heavy atom. The molecule has 7 nitrogen and oxygen atoms in total. The van der Waals surface area contributed by atoms with Crippen molar-refractivity contribution in [2.24, 2.45) is 0 Å². The van der Waals surface area contributed by atoms with E-state index >= 15 is 0 Å². The molecule has 3 rings (SSSR count). The Labute approximate surface area is 168 Å². The standard InChI is InChI=1S/C19H23N3O4S2/c1-14(23)20-16-6-4-15(5-7-16)13-18(24)22-10-8-17(9-11-22)21-28(25,26)19-3-2-12-27-19/h2-7,12,17,21H,8-11,13H2,1H3,(H,20,23). The summed E-state index contributed by atoms with van der Waals surface area (Å²) in [5.74, 6) is -0.117. The van der Waals surface area contributed by atoms with Gasteiger partial charge in [-0.3, -0.25) is 9.59 Å². The molecule has 0 radical (unpaired) electrons. The summed E-state index contributed by atoms with van der Waals surface area (Å²) in [7, 11) is -3.48. The minimum absolute atomic E-state index is 0.0202. The fourth-order valence-electron chi connectivity index (χ4n) is 3.14. The van der Waals surface area contributed by atoms with Crippen molar-refractivity contribution in [1.82, 2.24) is 9.62 Å². The van der Waals surface area contributed by atoms with Crippen LogP contribution in [0.4, 0.5) is 5.69 Å². The third-order valence-corrected chi connectivity index (χ3v) is 7.48. The van der Waals surface area contributed by atoms with Crippen molar-refractivity contribution in [3.63, 3.8) is 0 Å². The molecular formula is C19H23N3O4S2. The van der Waals surface area contributed by atoms with Crippen LogP contribution in [0.1, 0.15) is 25.3 Å². The highest BCUT2D eigenvalue weighted by Gasteiger charge is 2.27. The van der Waals surface area contributed by atoms with Crippen molar-refractivity contribution in [2.45, 2.75) is 36.4 Å². The predicted octanol–water partition coefficient (Wildman–Crippen LogP) is 2.22. The van der Waals surface area contributed by atoms with Gasteiger partial charge in [-0.25, -0.2) is 13.1 Å². The Bertz CT molecular complexity index is 917. The fraction of sp³-hybridized carbons (Fsp3) is 0.368. The summed E-state index contributed by atoms with van der Waals surface area (Å²) in [5.41, 5.74) is 1.57. The molecule has 0 unspecified atom stereocenters. The number of piperidine rings is 1.